The number of fused-ring (bicyclic) bond motifs is 1. The standard InChI is InChI=1S/C25H22ClNO6S/c1-32-23-12-11-19(25(29)33-16-22(28)18-7-4-9-20(26)14-18)15-24(23)34(30,31)27-13-5-8-17-6-2-3-10-21(17)27/h2-4,6-7,9-12,14-15H,5,8,13,16H2,1H3. The van der Waals surface area contributed by atoms with Gasteiger partial charge in [-0.1, -0.05) is 41.9 Å². The van der Waals surface area contributed by atoms with Crippen molar-refractivity contribution in [3.05, 3.63) is 88.4 Å². The van der Waals surface area contributed by atoms with Gasteiger partial charge in [-0.2, -0.15) is 0 Å². The van der Waals surface area contributed by atoms with Crippen LogP contribution in [0.5, 0.6) is 5.75 Å². The summed E-state index contributed by atoms with van der Waals surface area (Å²) in [5.74, 6) is -1.15. The Morgan fingerprint density at radius 3 is 2.56 bits per heavy atom. The summed E-state index contributed by atoms with van der Waals surface area (Å²) in [6.07, 6.45) is 1.46. The van der Waals surface area contributed by atoms with E-state index in [4.69, 9.17) is 21.1 Å². The first kappa shape index (κ1) is 23.8. The molecule has 1 aliphatic rings. The third-order valence-corrected chi connectivity index (χ3v) is 7.59. The molecule has 9 heteroatoms. The molecule has 0 unspecified atom stereocenters. The topological polar surface area (TPSA) is 90.0 Å². The molecule has 3 aromatic rings. The number of carbonyl (C=O) groups excluding carboxylic acids is 2. The van der Waals surface area contributed by atoms with Gasteiger partial charge in [0, 0.05) is 17.1 Å². The number of hydrogen-bond donors (Lipinski definition) is 0. The molecule has 34 heavy (non-hydrogen) atoms. The number of halogens is 1. The first-order valence-electron chi connectivity index (χ1n) is 10.6. The lowest BCUT2D eigenvalue weighted by Crippen LogP contribution is -2.35. The number of sulfonamides is 1. The molecule has 0 N–H and O–H groups in total. The van der Waals surface area contributed by atoms with Gasteiger partial charge in [-0.3, -0.25) is 9.10 Å². The number of carbonyl (C=O) groups is 2. The lowest BCUT2D eigenvalue weighted by atomic mass is 10.0. The molecule has 0 spiro atoms. The van der Waals surface area contributed by atoms with E-state index in [1.54, 1.807) is 30.3 Å². The fourth-order valence-corrected chi connectivity index (χ4v) is 5.75. The lowest BCUT2D eigenvalue weighted by molar-refractivity contribution is 0.0474. The van der Waals surface area contributed by atoms with Crippen LogP contribution >= 0.6 is 11.6 Å². The molecule has 0 amide bonds. The SMILES string of the molecule is COc1ccc(C(=O)OCC(=O)c2cccc(Cl)c2)cc1S(=O)(=O)N1CCCc2ccccc21. The maximum Gasteiger partial charge on any atom is 0.338 e. The lowest BCUT2D eigenvalue weighted by Gasteiger charge is -2.30. The predicted molar refractivity (Wildman–Crippen MR) is 128 cm³/mol. The summed E-state index contributed by atoms with van der Waals surface area (Å²) in [6, 6.07) is 17.6. The summed E-state index contributed by atoms with van der Waals surface area (Å²) in [6.45, 7) is -0.196. The van der Waals surface area contributed by atoms with Crippen LogP contribution in [0.25, 0.3) is 0 Å². The quantitative estimate of drug-likeness (QED) is 0.350. The van der Waals surface area contributed by atoms with E-state index in [1.165, 1.54) is 35.7 Å². The molecule has 1 aliphatic heterocycles. The molecule has 176 valence electrons. The van der Waals surface area contributed by atoms with Crippen molar-refractivity contribution < 1.29 is 27.5 Å². The van der Waals surface area contributed by atoms with Crippen molar-refractivity contribution in [2.45, 2.75) is 17.7 Å². The Labute approximate surface area is 202 Å². The minimum Gasteiger partial charge on any atom is -0.495 e. The van der Waals surface area contributed by atoms with E-state index in [2.05, 4.69) is 0 Å². The van der Waals surface area contributed by atoms with Crippen LogP contribution < -0.4 is 9.04 Å². The van der Waals surface area contributed by atoms with Crippen LogP contribution in [-0.2, 0) is 21.2 Å². The van der Waals surface area contributed by atoms with Gasteiger partial charge in [0.15, 0.2) is 12.4 Å². The number of benzene rings is 3. The maximum absolute atomic E-state index is 13.6. The van der Waals surface area contributed by atoms with Gasteiger partial charge >= 0.3 is 5.97 Å². The molecule has 3 aromatic carbocycles. The van der Waals surface area contributed by atoms with E-state index >= 15 is 0 Å². The highest BCUT2D eigenvalue weighted by atomic mass is 35.5. The van der Waals surface area contributed by atoms with E-state index in [1.807, 2.05) is 12.1 Å². The van der Waals surface area contributed by atoms with Gasteiger partial charge in [-0.25, -0.2) is 13.2 Å². The molecule has 7 nitrogen and oxygen atoms in total. The van der Waals surface area contributed by atoms with Gasteiger partial charge in [-0.15, -0.1) is 0 Å². The zero-order chi connectivity index (χ0) is 24.3. The van der Waals surface area contributed by atoms with Crippen molar-refractivity contribution in [2.75, 3.05) is 24.6 Å². The molecule has 0 aromatic heterocycles. The highest BCUT2D eigenvalue weighted by molar-refractivity contribution is 7.93. The van der Waals surface area contributed by atoms with Crippen molar-refractivity contribution in [1.29, 1.82) is 0 Å². The van der Waals surface area contributed by atoms with Gasteiger partial charge in [0.25, 0.3) is 10.0 Å². The minimum absolute atomic E-state index is 0.0106. The van der Waals surface area contributed by atoms with Crippen molar-refractivity contribution in [3.8, 4) is 5.75 Å². The second kappa shape index (κ2) is 9.87. The molecule has 1 heterocycles. The van der Waals surface area contributed by atoms with Crippen LogP contribution in [0, 0.1) is 0 Å². The maximum atomic E-state index is 13.6. The molecule has 4 rings (SSSR count). The molecule has 0 aliphatic carbocycles. The number of methoxy groups -OCH3 is 1. The van der Waals surface area contributed by atoms with Gasteiger partial charge < -0.3 is 9.47 Å². The number of Topliss-reactive ketones (excluding diaryl/α,β-unsaturated/α-hetero) is 1. The fourth-order valence-electron chi connectivity index (χ4n) is 3.83. The predicted octanol–water partition coefficient (Wildman–Crippen LogP) is 4.53. The van der Waals surface area contributed by atoms with Crippen LogP contribution in [0.15, 0.2) is 71.6 Å². The highest BCUT2D eigenvalue weighted by Crippen LogP contribution is 2.35. The van der Waals surface area contributed by atoms with Gasteiger partial charge in [-0.05, 0) is 54.8 Å². The average molecular weight is 500 g/mol. The van der Waals surface area contributed by atoms with E-state index in [0.29, 0.717) is 29.2 Å². The minimum atomic E-state index is -4.03. The Kier molecular flexibility index (Phi) is 6.90. The number of ether oxygens (including phenoxy) is 2. The summed E-state index contributed by atoms with van der Waals surface area (Å²) in [5.41, 5.74) is 1.84. The second-order valence-electron chi connectivity index (χ2n) is 7.68. The van der Waals surface area contributed by atoms with Gasteiger partial charge in [0.05, 0.1) is 18.4 Å². The van der Waals surface area contributed by atoms with Gasteiger partial charge in [0.2, 0.25) is 0 Å². The third-order valence-electron chi connectivity index (χ3n) is 5.52. The Morgan fingerprint density at radius 2 is 1.79 bits per heavy atom. The first-order valence-corrected chi connectivity index (χ1v) is 12.4. The van der Waals surface area contributed by atoms with Crippen molar-refractivity contribution >= 4 is 39.1 Å². The molecule has 0 atom stereocenters. The van der Waals surface area contributed by atoms with E-state index in [9.17, 15) is 18.0 Å². The number of esters is 1. The Bertz CT molecular complexity index is 1360. The number of ketones is 1. The number of para-hydroxylation sites is 1. The Morgan fingerprint density at radius 1 is 1.00 bits per heavy atom. The number of aryl methyl sites for hydroxylation is 1. The molecule has 0 bridgehead atoms. The molecular weight excluding hydrogens is 478 g/mol. The summed E-state index contributed by atoms with van der Waals surface area (Å²) in [4.78, 5) is 24.8. The summed E-state index contributed by atoms with van der Waals surface area (Å²) in [5, 5.41) is 0.390. The van der Waals surface area contributed by atoms with Crippen LogP contribution in [-0.4, -0.2) is 40.4 Å². The molecule has 0 radical (unpaired) electrons. The number of hydrogen-bond acceptors (Lipinski definition) is 6. The normalized spacial score (nSPS) is 13.2. The van der Waals surface area contributed by atoms with Crippen LogP contribution in [0.4, 0.5) is 5.69 Å². The van der Waals surface area contributed by atoms with Crippen LogP contribution in [0.2, 0.25) is 5.02 Å². The average Bonchev–Trinajstić information content (AvgIpc) is 2.86. The summed E-state index contributed by atoms with van der Waals surface area (Å²) >= 11 is 5.90. The van der Waals surface area contributed by atoms with Crippen LogP contribution in [0.1, 0.15) is 32.7 Å². The number of anilines is 1. The number of nitrogens with zero attached hydrogens (tertiary/aromatic N) is 1. The monoisotopic (exact) mass is 499 g/mol. The van der Waals surface area contributed by atoms with Crippen molar-refractivity contribution in [2.24, 2.45) is 0 Å². The van der Waals surface area contributed by atoms with E-state index in [-0.39, 0.29) is 16.2 Å². The largest absolute Gasteiger partial charge is 0.495 e. The highest BCUT2D eigenvalue weighted by Gasteiger charge is 2.32. The van der Waals surface area contributed by atoms with Crippen molar-refractivity contribution in [1.82, 2.24) is 0 Å². The molecular formula is C25H22ClNO6S. The first-order chi connectivity index (χ1) is 16.3. The fraction of sp³-hybridized carbons (Fsp3) is 0.200. The smallest absolute Gasteiger partial charge is 0.338 e. The Balaban J connectivity index is 1.60. The number of rotatable bonds is 7. The second-order valence-corrected chi connectivity index (χ2v) is 9.95. The molecule has 0 saturated heterocycles. The third kappa shape index (κ3) is 4.78. The van der Waals surface area contributed by atoms with E-state index in [0.717, 1.165) is 12.0 Å². The van der Waals surface area contributed by atoms with Crippen LogP contribution in [0.3, 0.4) is 0 Å². The zero-order valence-corrected chi connectivity index (χ0v) is 19.9. The molecule has 0 fully saturated rings. The zero-order valence-electron chi connectivity index (χ0n) is 18.4. The summed E-state index contributed by atoms with van der Waals surface area (Å²) < 4.78 is 39.0. The molecule has 0 saturated carbocycles. The Hall–Kier alpha value is -3.36. The summed E-state index contributed by atoms with van der Waals surface area (Å²) in [7, 11) is -2.67. The van der Waals surface area contributed by atoms with Gasteiger partial charge in [0.1, 0.15) is 10.6 Å². The van der Waals surface area contributed by atoms with E-state index < -0.39 is 28.4 Å². The van der Waals surface area contributed by atoms with Crippen molar-refractivity contribution in [3.63, 3.8) is 0 Å².